The molecule has 2 aromatic carbocycles. The lowest BCUT2D eigenvalue weighted by molar-refractivity contribution is -0.117. The molecule has 0 radical (unpaired) electrons. The first-order valence-electron chi connectivity index (χ1n) is 8.90. The Bertz CT molecular complexity index is 878. The first kappa shape index (κ1) is 15.9. The third-order valence-electron chi connectivity index (χ3n) is 4.91. The van der Waals surface area contributed by atoms with Gasteiger partial charge in [-0.3, -0.25) is 4.79 Å². The fourth-order valence-electron chi connectivity index (χ4n) is 3.13. The number of carbonyl (C=O) groups is 1. The summed E-state index contributed by atoms with van der Waals surface area (Å²) in [5.41, 5.74) is 4.55. The van der Waals surface area contributed by atoms with Gasteiger partial charge in [0.15, 0.2) is 0 Å². The zero-order valence-electron chi connectivity index (χ0n) is 14.4. The zero-order chi connectivity index (χ0) is 17.2. The lowest BCUT2D eigenvalue weighted by atomic mass is 10.1. The number of hydrogen-bond acceptors (Lipinski definition) is 2. The third-order valence-corrected chi connectivity index (χ3v) is 4.91. The van der Waals surface area contributed by atoms with Crippen molar-refractivity contribution in [3.63, 3.8) is 0 Å². The highest BCUT2D eigenvalue weighted by Crippen LogP contribution is 2.30. The quantitative estimate of drug-likeness (QED) is 0.627. The normalized spacial score (nSPS) is 15.2. The topological polar surface area (TPSA) is 56.9 Å². The van der Waals surface area contributed by atoms with Gasteiger partial charge in [0, 0.05) is 41.3 Å². The van der Waals surface area contributed by atoms with E-state index in [-0.39, 0.29) is 17.9 Å². The molecule has 1 amide bonds. The van der Waals surface area contributed by atoms with Crippen molar-refractivity contribution in [2.24, 2.45) is 5.92 Å². The fraction of sp³-hybridized carbons (Fsp3) is 0.286. The number of nitrogens with one attached hydrogen (secondary N) is 3. The van der Waals surface area contributed by atoms with E-state index in [4.69, 9.17) is 0 Å². The van der Waals surface area contributed by atoms with Crippen LogP contribution in [0.1, 0.15) is 36.9 Å². The van der Waals surface area contributed by atoms with Gasteiger partial charge in [-0.05, 0) is 55.2 Å². The van der Waals surface area contributed by atoms with Crippen molar-refractivity contribution < 1.29 is 4.79 Å². The summed E-state index contributed by atoms with van der Waals surface area (Å²) in [6.07, 6.45) is 4.03. The molecule has 0 aliphatic heterocycles. The number of aromatic amines is 1. The second kappa shape index (κ2) is 6.73. The minimum absolute atomic E-state index is 0.151. The Hall–Kier alpha value is -2.59. The fourth-order valence-corrected chi connectivity index (χ4v) is 3.13. The number of anilines is 1. The van der Waals surface area contributed by atoms with E-state index in [9.17, 15) is 4.79 Å². The van der Waals surface area contributed by atoms with Crippen molar-refractivity contribution in [3.8, 4) is 0 Å². The van der Waals surface area contributed by atoms with Crippen LogP contribution in [0, 0.1) is 5.92 Å². The van der Waals surface area contributed by atoms with Crippen molar-refractivity contribution >= 4 is 22.5 Å². The first-order valence-corrected chi connectivity index (χ1v) is 8.90. The van der Waals surface area contributed by atoms with E-state index in [1.54, 1.807) is 0 Å². The van der Waals surface area contributed by atoms with E-state index in [1.165, 1.54) is 22.0 Å². The SMILES string of the molecule is CC(NCc1cccc2[nH]ccc12)c1ccc(NC(=O)C2CC2)cc1. The summed E-state index contributed by atoms with van der Waals surface area (Å²) in [7, 11) is 0. The van der Waals surface area contributed by atoms with Crippen LogP contribution in [0.2, 0.25) is 0 Å². The molecule has 4 nitrogen and oxygen atoms in total. The summed E-state index contributed by atoms with van der Waals surface area (Å²) in [6.45, 7) is 2.98. The minimum atomic E-state index is 0.151. The standard InChI is InChI=1S/C21H23N3O/c1-14(23-13-17-3-2-4-20-19(17)11-12-22-20)15-7-9-18(10-8-15)24-21(25)16-5-6-16/h2-4,7-12,14,16,22-23H,5-6,13H2,1H3,(H,24,25). The second-order valence-corrected chi connectivity index (χ2v) is 6.84. The number of fused-ring (bicyclic) bond motifs is 1. The number of H-pyrrole nitrogens is 1. The van der Waals surface area contributed by atoms with Gasteiger partial charge in [-0.2, -0.15) is 0 Å². The monoisotopic (exact) mass is 333 g/mol. The van der Waals surface area contributed by atoms with Gasteiger partial charge in [-0.15, -0.1) is 0 Å². The van der Waals surface area contributed by atoms with Crippen LogP contribution in [0.4, 0.5) is 5.69 Å². The largest absolute Gasteiger partial charge is 0.361 e. The smallest absolute Gasteiger partial charge is 0.227 e. The molecule has 1 aliphatic rings. The predicted molar refractivity (Wildman–Crippen MR) is 101 cm³/mol. The lowest BCUT2D eigenvalue weighted by Crippen LogP contribution is -2.18. The molecule has 1 unspecified atom stereocenters. The van der Waals surface area contributed by atoms with Crippen LogP contribution < -0.4 is 10.6 Å². The molecule has 1 atom stereocenters. The molecule has 1 aliphatic carbocycles. The van der Waals surface area contributed by atoms with Crippen molar-refractivity contribution in [2.45, 2.75) is 32.4 Å². The van der Waals surface area contributed by atoms with Gasteiger partial charge in [0.2, 0.25) is 5.91 Å². The van der Waals surface area contributed by atoms with E-state index in [0.717, 1.165) is 25.1 Å². The minimum Gasteiger partial charge on any atom is -0.361 e. The maximum Gasteiger partial charge on any atom is 0.227 e. The van der Waals surface area contributed by atoms with Gasteiger partial charge in [-0.1, -0.05) is 24.3 Å². The summed E-state index contributed by atoms with van der Waals surface area (Å²) >= 11 is 0. The van der Waals surface area contributed by atoms with E-state index in [1.807, 2.05) is 18.3 Å². The number of amides is 1. The molecular weight excluding hydrogens is 310 g/mol. The summed E-state index contributed by atoms with van der Waals surface area (Å²) in [4.78, 5) is 15.1. The molecule has 3 N–H and O–H groups in total. The van der Waals surface area contributed by atoms with E-state index >= 15 is 0 Å². The third kappa shape index (κ3) is 3.59. The molecule has 4 heteroatoms. The second-order valence-electron chi connectivity index (χ2n) is 6.84. The molecule has 3 aromatic rings. The highest BCUT2D eigenvalue weighted by molar-refractivity contribution is 5.94. The van der Waals surface area contributed by atoms with Crippen LogP contribution in [0.25, 0.3) is 10.9 Å². The Morgan fingerprint density at radius 1 is 1.16 bits per heavy atom. The summed E-state index contributed by atoms with van der Waals surface area (Å²) in [5, 5.41) is 7.83. The van der Waals surface area contributed by atoms with Gasteiger partial charge in [0.1, 0.15) is 0 Å². The molecule has 1 heterocycles. The van der Waals surface area contributed by atoms with Crippen molar-refractivity contribution in [3.05, 3.63) is 65.9 Å². The Morgan fingerprint density at radius 3 is 2.72 bits per heavy atom. The van der Waals surface area contributed by atoms with Gasteiger partial charge in [0.05, 0.1) is 0 Å². The molecule has 4 rings (SSSR count). The highest BCUT2D eigenvalue weighted by atomic mass is 16.2. The van der Waals surface area contributed by atoms with Gasteiger partial charge in [-0.25, -0.2) is 0 Å². The lowest BCUT2D eigenvalue weighted by Gasteiger charge is -2.15. The van der Waals surface area contributed by atoms with Crippen molar-refractivity contribution in [1.29, 1.82) is 0 Å². The van der Waals surface area contributed by atoms with E-state index < -0.39 is 0 Å². The maximum absolute atomic E-state index is 11.8. The number of hydrogen-bond donors (Lipinski definition) is 3. The van der Waals surface area contributed by atoms with Crippen LogP contribution in [0.5, 0.6) is 0 Å². The number of rotatable bonds is 6. The average Bonchev–Trinajstić information content (AvgIpc) is 3.37. The molecule has 0 saturated heterocycles. The van der Waals surface area contributed by atoms with Crippen LogP contribution in [-0.2, 0) is 11.3 Å². The molecule has 1 saturated carbocycles. The number of carbonyl (C=O) groups excluding carboxylic acids is 1. The molecule has 1 aromatic heterocycles. The predicted octanol–water partition coefficient (Wildman–Crippen LogP) is 4.37. The Balaban J connectivity index is 1.38. The average molecular weight is 333 g/mol. The molecule has 0 bridgehead atoms. The van der Waals surface area contributed by atoms with Gasteiger partial charge in [0.25, 0.3) is 0 Å². The molecular formula is C21H23N3O. The maximum atomic E-state index is 11.8. The van der Waals surface area contributed by atoms with Crippen LogP contribution >= 0.6 is 0 Å². The summed E-state index contributed by atoms with van der Waals surface area (Å²) < 4.78 is 0. The van der Waals surface area contributed by atoms with Crippen LogP contribution in [-0.4, -0.2) is 10.9 Å². The summed E-state index contributed by atoms with van der Waals surface area (Å²) in [6, 6.07) is 16.8. The Labute approximate surface area is 147 Å². The van der Waals surface area contributed by atoms with E-state index in [0.29, 0.717) is 0 Å². The van der Waals surface area contributed by atoms with Crippen molar-refractivity contribution in [1.82, 2.24) is 10.3 Å². The van der Waals surface area contributed by atoms with Crippen LogP contribution in [0.3, 0.4) is 0 Å². The molecule has 128 valence electrons. The highest BCUT2D eigenvalue weighted by Gasteiger charge is 2.29. The number of benzene rings is 2. The van der Waals surface area contributed by atoms with Crippen molar-refractivity contribution in [2.75, 3.05) is 5.32 Å². The number of aromatic nitrogens is 1. The Kier molecular flexibility index (Phi) is 4.28. The van der Waals surface area contributed by atoms with Crippen LogP contribution in [0.15, 0.2) is 54.7 Å². The zero-order valence-corrected chi connectivity index (χ0v) is 14.4. The van der Waals surface area contributed by atoms with Gasteiger partial charge < -0.3 is 15.6 Å². The first-order chi connectivity index (χ1) is 12.2. The molecule has 1 fully saturated rings. The molecule has 0 spiro atoms. The van der Waals surface area contributed by atoms with E-state index in [2.05, 4.69) is 58.9 Å². The molecule has 25 heavy (non-hydrogen) atoms. The Morgan fingerprint density at radius 2 is 1.96 bits per heavy atom. The van der Waals surface area contributed by atoms with Gasteiger partial charge >= 0.3 is 0 Å². The summed E-state index contributed by atoms with van der Waals surface area (Å²) in [5.74, 6) is 0.384.